The molecule has 1 fully saturated rings. The van der Waals surface area contributed by atoms with Gasteiger partial charge in [0.05, 0.1) is 0 Å². The molecule has 1 aromatic carbocycles. The first-order valence-corrected chi connectivity index (χ1v) is 8.11. The zero-order chi connectivity index (χ0) is 16.2. The van der Waals surface area contributed by atoms with Gasteiger partial charge in [0, 0.05) is 42.6 Å². The quantitative estimate of drug-likeness (QED) is 0.874. The van der Waals surface area contributed by atoms with Gasteiger partial charge < -0.3 is 15.2 Å². The molecule has 0 aliphatic carbocycles. The first-order chi connectivity index (χ1) is 11.1. The number of carbonyl (C=O) groups excluding carboxylic acids is 1. The molecule has 1 aliphatic rings. The molecule has 1 aromatic heterocycles. The Balaban J connectivity index is 0.00000208. The Hall–Kier alpha value is -1.63. The lowest BCUT2D eigenvalue weighted by molar-refractivity contribution is -0.130. The fourth-order valence-corrected chi connectivity index (χ4v) is 2.76. The molecule has 1 saturated heterocycles. The highest BCUT2D eigenvalue weighted by Gasteiger charge is 2.23. The molecule has 0 unspecified atom stereocenters. The summed E-state index contributed by atoms with van der Waals surface area (Å²) < 4.78 is 5.23. The molecule has 1 atom stereocenters. The van der Waals surface area contributed by atoms with Gasteiger partial charge in [0.1, 0.15) is 0 Å². The number of halogens is 2. The van der Waals surface area contributed by atoms with Crippen molar-refractivity contribution in [2.24, 2.45) is 5.73 Å². The molecular formula is C16H20Cl2N4O2. The Bertz CT molecular complexity index is 675. The van der Waals surface area contributed by atoms with Crippen LogP contribution in [0.2, 0.25) is 5.02 Å². The maximum atomic E-state index is 12.0. The van der Waals surface area contributed by atoms with Crippen molar-refractivity contribution in [3.8, 4) is 11.4 Å². The maximum Gasteiger partial charge on any atom is 0.226 e. The zero-order valence-corrected chi connectivity index (χ0v) is 14.7. The highest BCUT2D eigenvalue weighted by Crippen LogP contribution is 2.19. The van der Waals surface area contributed by atoms with Gasteiger partial charge in [0.25, 0.3) is 0 Å². The average molecular weight is 371 g/mol. The van der Waals surface area contributed by atoms with Crippen LogP contribution in [0.5, 0.6) is 0 Å². The highest BCUT2D eigenvalue weighted by molar-refractivity contribution is 6.30. The van der Waals surface area contributed by atoms with Crippen LogP contribution < -0.4 is 5.73 Å². The molecule has 8 heteroatoms. The average Bonchev–Trinajstić information content (AvgIpc) is 3.17. The molecule has 0 radical (unpaired) electrons. The third kappa shape index (κ3) is 4.69. The number of hydrogen-bond donors (Lipinski definition) is 1. The van der Waals surface area contributed by atoms with Crippen molar-refractivity contribution in [3.05, 3.63) is 35.2 Å². The van der Waals surface area contributed by atoms with Crippen molar-refractivity contribution in [1.29, 1.82) is 0 Å². The summed E-state index contributed by atoms with van der Waals surface area (Å²) in [6.45, 7) is 1.43. The molecule has 24 heavy (non-hydrogen) atoms. The third-order valence-corrected chi connectivity index (χ3v) is 4.18. The fourth-order valence-electron chi connectivity index (χ4n) is 2.64. The van der Waals surface area contributed by atoms with Gasteiger partial charge in [-0.15, -0.1) is 12.4 Å². The number of carbonyl (C=O) groups is 1. The molecule has 0 spiro atoms. The summed E-state index contributed by atoms with van der Waals surface area (Å²) in [7, 11) is 0. The van der Waals surface area contributed by atoms with Crippen LogP contribution in [0.3, 0.4) is 0 Å². The predicted octanol–water partition coefficient (Wildman–Crippen LogP) is 2.69. The molecule has 0 saturated carbocycles. The number of benzene rings is 1. The Kier molecular flexibility index (Phi) is 6.60. The number of rotatable bonds is 5. The van der Waals surface area contributed by atoms with Gasteiger partial charge >= 0.3 is 0 Å². The Morgan fingerprint density at radius 3 is 2.79 bits per heavy atom. The zero-order valence-electron chi connectivity index (χ0n) is 13.2. The number of amides is 1. The van der Waals surface area contributed by atoms with E-state index in [-0.39, 0.29) is 24.4 Å². The monoisotopic (exact) mass is 370 g/mol. The Labute approximate surface area is 151 Å². The molecule has 0 bridgehead atoms. The number of aryl methyl sites for hydroxylation is 1. The second-order valence-electron chi connectivity index (χ2n) is 5.76. The van der Waals surface area contributed by atoms with Gasteiger partial charge in [-0.1, -0.05) is 16.8 Å². The molecule has 1 aliphatic heterocycles. The standard InChI is InChI=1S/C16H19ClN4O2.ClH/c17-12-6-4-11(5-7-12)16-19-14(23-20-16)2-1-3-15(22)21-9-8-13(18)10-21;/h4-7,13H,1-3,8-10,18H2;1H/t13-;/m1./s1. The Morgan fingerprint density at radius 2 is 2.12 bits per heavy atom. The van der Waals surface area contributed by atoms with Crippen LogP contribution in [-0.4, -0.2) is 40.1 Å². The number of nitrogens with zero attached hydrogens (tertiary/aromatic N) is 3. The van der Waals surface area contributed by atoms with E-state index in [1.807, 2.05) is 17.0 Å². The minimum absolute atomic E-state index is 0. The first kappa shape index (κ1) is 18.7. The lowest BCUT2D eigenvalue weighted by Crippen LogP contribution is -2.31. The number of aromatic nitrogens is 2. The lowest BCUT2D eigenvalue weighted by atomic mass is 10.2. The van der Waals surface area contributed by atoms with E-state index in [0.717, 1.165) is 18.5 Å². The number of nitrogens with two attached hydrogens (primary N) is 1. The predicted molar refractivity (Wildman–Crippen MR) is 94.1 cm³/mol. The molecule has 130 valence electrons. The molecule has 6 nitrogen and oxygen atoms in total. The fraction of sp³-hybridized carbons (Fsp3) is 0.438. The SMILES string of the molecule is Cl.N[C@@H]1CCN(C(=O)CCCc2nc(-c3ccc(Cl)cc3)no2)C1. The van der Waals surface area contributed by atoms with Crippen LogP contribution >= 0.6 is 24.0 Å². The summed E-state index contributed by atoms with van der Waals surface area (Å²) >= 11 is 5.86. The van der Waals surface area contributed by atoms with Crippen LogP contribution in [0.25, 0.3) is 11.4 Å². The van der Waals surface area contributed by atoms with E-state index in [4.69, 9.17) is 21.9 Å². The minimum atomic E-state index is 0. The minimum Gasteiger partial charge on any atom is -0.341 e. The number of likely N-dealkylation sites (tertiary alicyclic amines) is 1. The van der Waals surface area contributed by atoms with E-state index in [2.05, 4.69) is 10.1 Å². The molecule has 2 aromatic rings. The normalized spacial score (nSPS) is 16.9. The topological polar surface area (TPSA) is 85.2 Å². The van der Waals surface area contributed by atoms with Gasteiger partial charge in [-0.3, -0.25) is 4.79 Å². The highest BCUT2D eigenvalue weighted by atomic mass is 35.5. The molecule has 2 N–H and O–H groups in total. The lowest BCUT2D eigenvalue weighted by Gasteiger charge is -2.15. The summed E-state index contributed by atoms with van der Waals surface area (Å²) in [4.78, 5) is 18.2. The number of hydrogen-bond acceptors (Lipinski definition) is 5. The van der Waals surface area contributed by atoms with Crippen molar-refractivity contribution >= 4 is 29.9 Å². The molecule has 1 amide bonds. The van der Waals surface area contributed by atoms with Crippen molar-refractivity contribution in [2.45, 2.75) is 31.7 Å². The van der Waals surface area contributed by atoms with Crippen LogP contribution in [0.15, 0.2) is 28.8 Å². The maximum absolute atomic E-state index is 12.0. The summed E-state index contributed by atoms with van der Waals surface area (Å²) in [5.74, 6) is 1.23. The summed E-state index contributed by atoms with van der Waals surface area (Å²) in [6, 6.07) is 7.38. The van der Waals surface area contributed by atoms with Gasteiger partial charge in [-0.05, 0) is 37.1 Å². The van der Waals surface area contributed by atoms with Crippen molar-refractivity contribution < 1.29 is 9.32 Å². The molecule has 2 heterocycles. The van der Waals surface area contributed by atoms with E-state index >= 15 is 0 Å². The van der Waals surface area contributed by atoms with Crippen LogP contribution in [0, 0.1) is 0 Å². The van der Waals surface area contributed by atoms with Gasteiger partial charge in [-0.25, -0.2) is 0 Å². The van der Waals surface area contributed by atoms with Crippen molar-refractivity contribution in [2.75, 3.05) is 13.1 Å². The van der Waals surface area contributed by atoms with Crippen molar-refractivity contribution in [3.63, 3.8) is 0 Å². The van der Waals surface area contributed by atoms with E-state index in [0.29, 0.717) is 42.5 Å². The van der Waals surface area contributed by atoms with Gasteiger partial charge in [0.2, 0.25) is 17.6 Å². The van der Waals surface area contributed by atoms with Gasteiger partial charge in [0.15, 0.2) is 0 Å². The van der Waals surface area contributed by atoms with Crippen LogP contribution in [0.4, 0.5) is 0 Å². The van der Waals surface area contributed by atoms with E-state index < -0.39 is 0 Å². The summed E-state index contributed by atoms with van der Waals surface area (Å²) in [5.41, 5.74) is 6.67. The first-order valence-electron chi connectivity index (χ1n) is 7.73. The molecular weight excluding hydrogens is 351 g/mol. The second kappa shape index (κ2) is 8.46. The van der Waals surface area contributed by atoms with Crippen LogP contribution in [0.1, 0.15) is 25.2 Å². The third-order valence-electron chi connectivity index (χ3n) is 3.93. The van der Waals surface area contributed by atoms with Crippen molar-refractivity contribution in [1.82, 2.24) is 15.0 Å². The second-order valence-corrected chi connectivity index (χ2v) is 6.20. The van der Waals surface area contributed by atoms with E-state index in [1.165, 1.54) is 0 Å². The summed E-state index contributed by atoms with van der Waals surface area (Å²) in [6.07, 6.45) is 2.64. The molecule has 3 rings (SSSR count). The van der Waals surface area contributed by atoms with E-state index in [1.54, 1.807) is 12.1 Å². The van der Waals surface area contributed by atoms with E-state index in [9.17, 15) is 4.79 Å². The Morgan fingerprint density at radius 1 is 1.38 bits per heavy atom. The largest absolute Gasteiger partial charge is 0.341 e. The van der Waals surface area contributed by atoms with Crippen LogP contribution in [-0.2, 0) is 11.2 Å². The smallest absolute Gasteiger partial charge is 0.226 e. The summed E-state index contributed by atoms with van der Waals surface area (Å²) in [5, 5.41) is 4.62. The van der Waals surface area contributed by atoms with Gasteiger partial charge in [-0.2, -0.15) is 4.98 Å².